The van der Waals surface area contributed by atoms with Gasteiger partial charge in [0.15, 0.2) is 0 Å². The number of aryl methyl sites for hydroxylation is 1. The number of nitrogens with one attached hydrogen (secondary N) is 1. The molecule has 8 nitrogen and oxygen atoms in total. The van der Waals surface area contributed by atoms with Crippen LogP contribution in [0.15, 0.2) is 30.7 Å². The highest BCUT2D eigenvalue weighted by Gasteiger charge is 2.38. The molecule has 0 amide bonds. The van der Waals surface area contributed by atoms with E-state index in [1.54, 1.807) is 29.2 Å². The fourth-order valence-corrected chi connectivity index (χ4v) is 1.49. The number of rotatable bonds is 4. The largest absolute Gasteiger partial charge is 0.490 e. The van der Waals surface area contributed by atoms with Gasteiger partial charge in [0.05, 0.1) is 24.6 Å². The fraction of sp³-hybridized carbons (Fsp3) is 0.286. The van der Waals surface area contributed by atoms with Gasteiger partial charge >= 0.3 is 18.1 Å². The van der Waals surface area contributed by atoms with Crippen LogP contribution in [0.1, 0.15) is 17.3 Å². The maximum Gasteiger partial charge on any atom is 0.490 e. The van der Waals surface area contributed by atoms with Gasteiger partial charge in [0, 0.05) is 18.9 Å². The summed E-state index contributed by atoms with van der Waals surface area (Å²) in [5.41, 5.74) is 1.28. The first-order valence-corrected chi connectivity index (χ1v) is 6.81. The van der Waals surface area contributed by atoms with Gasteiger partial charge in [-0.2, -0.15) is 18.3 Å². The number of aliphatic carboxylic acids is 1. The molecule has 0 saturated carbocycles. The Morgan fingerprint density at radius 1 is 1.40 bits per heavy atom. The molecule has 0 atom stereocenters. The van der Waals surface area contributed by atoms with Gasteiger partial charge in [0.25, 0.3) is 0 Å². The number of methoxy groups -OCH3 is 1. The summed E-state index contributed by atoms with van der Waals surface area (Å²) in [5, 5.41) is 14.3. The van der Waals surface area contributed by atoms with Crippen molar-refractivity contribution in [3.63, 3.8) is 0 Å². The molecule has 0 aliphatic carbocycles. The number of ether oxygens (including phenoxy) is 1. The maximum absolute atomic E-state index is 11.4. The van der Waals surface area contributed by atoms with Gasteiger partial charge < -0.3 is 15.2 Å². The number of anilines is 2. The van der Waals surface area contributed by atoms with Gasteiger partial charge in [-0.15, -0.1) is 0 Å². The highest BCUT2D eigenvalue weighted by atomic mass is 19.4. The van der Waals surface area contributed by atoms with Crippen molar-refractivity contribution in [3.05, 3.63) is 36.3 Å². The smallest absolute Gasteiger partial charge is 0.475 e. The summed E-state index contributed by atoms with van der Waals surface area (Å²) in [5.74, 6) is -2.56. The molecule has 0 unspecified atom stereocenters. The monoisotopic (exact) mass is 360 g/mol. The molecule has 11 heteroatoms. The van der Waals surface area contributed by atoms with Crippen LogP contribution in [0.3, 0.4) is 0 Å². The number of carbonyl (C=O) groups is 2. The molecular weight excluding hydrogens is 345 g/mol. The Bertz CT molecular complexity index is 731. The lowest BCUT2D eigenvalue weighted by Crippen LogP contribution is -2.21. The zero-order valence-electron chi connectivity index (χ0n) is 13.2. The average molecular weight is 360 g/mol. The van der Waals surface area contributed by atoms with Crippen molar-refractivity contribution >= 4 is 23.4 Å². The van der Waals surface area contributed by atoms with Crippen molar-refractivity contribution in [1.82, 2.24) is 14.8 Å². The van der Waals surface area contributed by atoms with Crippen molar-refractivity contribution in [3.8, 4) is 0 Å². The summed E-state index contributed by atoms with van der Waals surface area (Å²) in [6.45, 7) is 2.81. The number of pyridine rings is 1. The van der Waals surface area contributed by atoms with Gasteiger partial charge in [-0.1, -0.05) is 0 Å². The lowest BCUT2D eigenvalue weighted by Gasteiger charge is -2.04. The molecule has 0 aliphatic rings. The number of carboxylic acids is 1. The van der Waals surface area contributed by atoms with E-state index in [9.17, 15) is 18.0 Å². The van der Waals surface area contributed by atoms with E-state index < -0.39 is 12.1 Å². The van der Waals surface area contributed by atoms with Crippen LogP contribution in [0.25, 0.3) is 0 Å². The molecule has 0 radical (unpaired) electrons. The van der Waals surface area contributed by atoms with Crippen molar-refractivity contribution in [2.24, 2.45) is 0 Å². The fourth-order valence-electron chi connectivity index (χ4n) is 1.49. The zero-order chi connectivity index (χ0) is 19.0. The van der Waals surface area contributed by atoms with E-state index in [1.807, 2.05) is 13.1 Å². The lowest BCUT2D eigenvalue weighted by molar-refractivity contribution is -0.192. The number of carboxylic acid groups (broad SMARTS) is 1. The second-order valence-electron chi connectivity index (χ2n) is 4.43. The molecule has 0 fully saturated rings. The first-order valence-electron chi connectivity index (χ1n) is 6.81. The number of carbonyl (C=O) groups excluding carboxylic acids is 1. The summed E-state index contributed by atoms with van der Waals surface area (Å²) in [6, 6.07) is 3.24. The number of esters is 1. The van der Waals surface area contributed by atoms with E-state index in [1.165, 1.54) is 7.11 Å². The highest BCUT2D eigenvalue weighted by Crippen LogP contribution is 2.15. The predicted molar refractivity (Wildman–Crippen MR) is 80.5 cm³/mol. The summed E-state index contributed by atoms with van der Waals surface area (Å²) >= 11 is 0. The molecule has 0 aliphatic heterocycles. The number of hydrogen-bond donors (Lipinski definition) is 2. The molecule has 0 aromatic carbocycles. The van der Waals surface area contributed by atoms with Crippen LogP contribution >= 0.6 is 0 Å². The van der Waals surface area contributed by atoms with Crippen LogP contribution in [0, 0.1) is 0 Å². The Morgan fingerprint density at radius 2 is 2.04 bits per heavy atom. The van der Waals surface area contributed by atoms with Gasteiger partial charge in [0.1, 0.15) is 5.82 Å². The first-order chi connectivity index (χ1) is 11.7. The second kappa shape index (κ2) is 8.66. The Morgan fingerprint density at radius 3 is 2.52 bits per heavy atom. The molecular formula is C14H15F3N4O4. The third kappa shape index (κ3) is 6.49. The topological polar surface area (TPSA) is 106 Å². The molecule has 0 bridgehead atoms. The van der Waals surface area contributed by atoms with Gasteiger partial charge in [-0.05, 0) is 19.1 Å². The Labute approximate surface area is 140 Å². The SMILES string of the molecule is CCn1cc(Nc2cc(C(=O)OC)ccn2)cn1.O=C(O)C(F)(F)F. The van der Waals surface area contributed by atoms with Gasteiger partial charge in [0.2, 0.25) is 0 Å². The quantitative estimate of drug-likeness (QED) is 0.807. The molecule has 136 valence electrons. The third-order valence-electron chi connectivity index (χ3n) is 2.65. The van der Waals surface area contributed by atoms with E-state index >= 15 is 0 Å². The number of hydrogen-bond acceptors (Lipinski definition) is 6. The Hall–Kier alpha value is -3.11. The van der Waals surface area contributed by atoms with Crippen LogP contribution in [0.4, 0.5) is 24.7 Å². The van der Waals surface area contributed by atoms with Crippen LogP contribution in [-0.2, 0) is 16.1 Å². The molecule has 2 aromatic rings. The van der Waals surface area contributed by atoms with Crippen LogP contribution < -0.4 is 5.32 Å². The Kier molecular flexibility index (Phi) is 6.91. The molecule has 2 heterocycles. The minimum atomic E-state index is -5.08. The van der Waals surface area contributed by atoms with Crippen LogP contribution in [-0.4, -0.2) is 45.1 Å². The van der Waals surface area contributed by atoms with E-state index in [0.29, 0.717) is 11.4 Å². The highest BCUT2D eigenvalue weighted by molar-refractivity contribution is 5.90. The number of halogens is 3. The number of aromatic nitrogens is 3. The minimum Gasteiger partial charge on any atom is -0.475 e. The summed E-state index contributed by atoms with van der Waals surface area (Å²) in [6.07, 6.45) is 0.0430. The molecule has 2 N–H and O–H groups in total. The summed E-state index contributed by atoms with van der Waals surface area (Å²) < 4.78 is 38.2. The Balaban J connectivity index is 0.000000381. The van der Waals surface area contributed by atoms with Gasteiger partial charge in [-0.25, -0.2) is 14.6 Å². The normalized spacial score (nSPS) is 10.4. The van der Waals surface area contributed by atoms with Crippen molar-refractivity contribution in [1.29, 1.82) is 0 Å². The van der Waals surface area contributed by atoms with Crippen molar-refractivity contribution < 1.29 is 32.6 Å². The molecule has 25 heavy (non-hydrogen) atoms. The van der Waals surface area contributed by atoms with Crippen molar-refractivity contribution in [2.75, 3.05) is 12.4 Å². The van der Waals surface area contributed by atoms with Crippen LogP contribution in [0.2, 0.25) is 0 Å². The van der Waals surface area contributed by atoms with E-state index in [4.69, 9.17) is 9.90 Å². The van der Waals surface area contributed by atoms with Gasteiger partial charge in [-0.3, -0.25) is 4.68 Å². The summed E-state index contributed by atoms with van der Waals surface area (Å²) in [4.78, 5) is 24.4. The van der Waals surface area contributed by atoms with Crippen molar-refractivity contribution in [2.45, 2.75) is 19.6 Å². The molecule has 0 saturated heterocycles. The van der Waals surface area contributed by atoms with E-state index in [2.05, 4.69) is 20.1 Å². The molecule has 2 aromatic heterocycles. The zero-order valence-corrected chi connectivity index (χ0v) is 13.2. The average Bonchev–Trinajstić information content (AvgIpc) is 3.01. The van der Waals surface area contributed by atoms with Crippen LogP contribution in [0.5, 0.6) is 0 Å². The van der Waals surface area contributed by atoms with E-state index in [-0.39, 0.29) is 5.97 Å². The summed E-state index contributed by atoms with van der Waals surface area (Å²) in [7, 11) is 1.35. The second-order valence-corrected chi connectivity index (χ2v) is 4.43. The minimum absolute atomic E-state index is 0.385. The molecule has 0 spiro atoms. The first kappa shape index (κ1) is 19.9. The predicted octanol–water partition coefficient (Wildman–Crippen LogP) is 2.46. The lowest BCUT2D eigenvalue weighted by atomic mass is 10.2. The van der Waals surface area contributed by atoms with E-state index in [0.717, 1.165) is 12.2 Å². The maximum atomic E-state index is 11.4. The number of alkyl halides is 3. The standard InChI is InChI=1S/C12H14N4O2.C2HF3O2/c1-3-16-8-10(7-14-16)15-11-6-9(4-5-13-11)12(17)18-2;3-2(4,5)1(6)7/h4-8H,3H2,1-2H3,(H,13,15);(H,6,7). The number of nitrogens with zero attached hydrogens (tertiary/aromatic N) is 3. The third-order valence-corrected chi connectivity index (χ3v) is 2.65. The molecule has 2 rings (SSSR count).